The van der Waals surface area contributed by atoms with Crippen molar-refractivity contribution in [3.63, 3.8) is 0 Å². The van der Waals surface area contributed by atoms with E-state index >= 15 is 0 Å². The Kier molecular flexibility index (Phi) is 9.43. The molecule has 0 radical (unpaired) electrons. The van der Waals surface area contributed by atoms with Crippen molar-refractivity contribution in [1.82, 2.24) is 10.2 Å². The van der Waals surface area contributed by atoms with E-state index in [2.05, 4.69) is 22.3 Å². The Bertz CT molecular complexity index is 1330. The Morgan fingerprint density at radius 1 is 0.952 bits per heavy atom. The number of ether oxygens (including phenoxy) is 1. The van der Waals surface area contributed by atoms with Gasteiger partial charge in [0.1, 0.15) is 17.6 Å². The SMILES string of the molecule is CC(C)(C)NC(=O)[C@H](c1ccc(F)cc1)N(C(=O)c1ccc(CN2CCOCC2)o1)c1ccc(C2CCCCC2)cc1. The van der Waals surface area contributed by atoms with Crippen LogP contribution in [0, 0.1) is 5.82 Å². The van der Waals surface area contributed by atoms with E-state index in [4.69, 9.17) is 9.15 Å². The summed E-state index contributed by atoms with van der Waals surface area (Å²) >= 11 is 0. The molecule has 2 heterocycles. The molecule has 2 amide bonds. The van der Waals surface area contributed by atoms with Crippen molar-refractivity contribution in [3.05, 3.63) is 89.1 Å². The maximum absolute atomic E-state index is 14.3. The minimum absolute atomic E-state index is 0.144. The van der Waals surface area contributed by atoms with Gasteiger partial charge in [0.05, 0.1) is 19.8 Å². The first-order chi connectivity index (χ1) is 20.2. The van der Waals surface area contributed by atoms with Crippen molar-refractivity contribution in [2.45, 2.75) is 76.9 Å². The van der Waals surface area contributed by atoms with E-state index in [0.29, 0.717) is 42.7 Å². The summed E-state index contributed by atoms with van der Waals surface area (Å²) in [4.78, 5) is 32.0. The summed E-state index contributed by atoms with van der Waals surface area (Å²) in [5.41, 5.74) is 1.77. The number of carbonyl (C=O) groups is 2. The summed E-state index contributed by atoms with van der Waals surface area (Å²) in [6, 6.07) is 16.2. The van der Waals surface area contributed by atoms with Gasteiger partial charge in [-0.3, -0.25) is 19.4 Å². The summed E-state index contributed by atoms with van der Waals surface area (Å²) in [7, 11) is 0. The second-order valence-corrected chi connectivity index (χ2v) is 12.4. The predicted molar refractivity (Wildman–Crippen MR) is 161 cm³/mol. The van der Waals surface area contributed by atoms with E-state index in [1.165, 1.54) is 41.9 Å². The molecule has 0 unspecified atom stereocenters. The van der Waals surface area contributed by atoms with Crippen LogP contribution in [0.15, 0.2) is 65.1 Å². The molecule has 1 saturated carbocycles. The van der Waals surface area contributed by atoms with Crippen LogP contribution in [0.2, 0.25) is 0 Å². The lowest BCUT2D eigenvalue weighted by Gasteiger charge is -2.33. The summed E-state index contributed by atoms with van der Waals surface area (Å²) in [6.07, 6.45) is 6.04. The van der Waals surface area contributed by atoms with Crippen LogP contribution >= 0.6 is 0 Å². The van der Waals surface area contributed by atoms with Gasteiger partial charge >= 0.3 is 0 Å². The molecule has 42 heavy (non-hydrogen) atoms. The molecule has 1 saturated heterocycles. The Labute approximate surface area is 248 Å². The minimum Gasteiger partial charge on any atom is -0.455 e. The van der Waals surface area contributed by atoms with Gasteiger partial charge in [-0.15, -0.1) is 0 Å². The van der Waals surface area contributed by atoms with Crippen molar-refractivity contribution in [3.8, 4) is 0 Å². The minimum atomic E-state index is -1.05. The molecular formula is C34H42FN3O4. The lowest BCUT2D eigenvalue weighted by Crippen LogP contribution is -2.49. The van der Waals surface area contributed by atoms with Gasteiger partial charge < -0.3 is 14.5 Å². The number of nitrogens with one attached hydrogen (secondary N) is 1. The van der Waals surface area contributed by atoms with Crippen LogP contribution in [0.3, 0.4) is 0 Å². The van der Waals surface area contributed by atoms with Gasteiger partial charge in [-0.2, -0.15) is 0 Å². The number of amides is 2. The zero-order valence-electron chi connectivity index (χ0n) is 24.9. The number of halogens is 1. The van der Waals surface area contributed by atoms with Crippen LogP contribution < -0.4 is 10.2 Å². The molecule has 224 valence electrons. The van der Waals surface area contributed by atoms with Gasteiger partial charge in [-0.25, -0.2) is 4.39 Å². The van der Waals surface area contributed by atoms with E-state index in [1.807, 2.05) is 39.0 Å². The molecule has 7 nitrogen and oxygen atoms in total. The summed E-state index contributed by atoms with van der Waals surface area (Å²) < 4.78 is 25.5. The van der Waals surface area contributed by atoms with E-state index in [1.54, 1.807) is 18.2 Å². The smallest absolute Gasteiger partial charge is 0.294 e. The molecule has 8 heteroatoms. The highest BCUT2D eigenvalue weighted by Gasteiger charge is 2.36. The second kappa shape index (κ2) is 13.2. The number of carbonyl (C=O) groups excluding carboxylic acids is 2. The molecular weight excluding hydrogens is 533 g/mol. The van der Waals surface area contributed by atoms with Crippen LogP contribution in [0.4, 0.5) is 10.1 Å². The summed E-state index contributed by atoms with van der Waals surface area (Å²) in [5.74, 6) is 0.102. The van der Waals surface area contributed by atoms with E-state index in [-0.39, 0.29) is 11.7 Å². The third-order valence-electron chi connectivity index (χ3n) is 8.01. The Balaban J connectivity index is 1.52. The van der Waals surface area contributed by atoms with E-state index in [9.17, 15) is 14.0 Å². The van der Waals surface area contributed by atoms with E-state index in [0.717, 1.165) is 25.9 Å². The van der Waals surface area contributed by atoms with Crippen molar-refractivity contribution in [1.29, 1.82) is 0 Å². The highest BCUT2D eigenvalue weighted by Crippen LogP contribution is 2.36. The number of hydrogen-bond acceptors (Lipinski definition) is 5. The third-order valence-corrected chi connectivity index (χ3v) is 8.01. The first-order valence-electron chi connectivity index (χ1n) is 15.1. The Morgan fingerprint density at radius 2 is 1.62 bits per heavy atom. The van der Waals surface area contributed by atoms with Crippen molar-refractivity contribution >= 4 is 17.5 Å². The molecule has 0 bridgehead atoms. The quantitative estimate of drug-likeness (QED) is 0.328. The summed E-state index contributed by atoms with van der Waals surface area (Å²) in [6.45, 7) is 9.16. The Morgan fingerprint density at radius 3 is 2.26 bits per heavy atom. The fourth-order valence-electron chi connectivity index (χ4n) is 5.90. The Hall–Kier alpha value is -3.49. The van der Waals surface area contributed by atoms with Crippen LogP contribution in [0.1, 0.15) is 92.3 Å². The normalized spacial score (nSPS) is 17.5. The number of rotatable bonds is 8. The molecule has 1 aromatic heterocycles. The number of hydrogen-bond donors (Lipinski definition) is 1. The molecule has 3 aromatic rings. The lowest BCUT2D eigenvalue weighted by atomic mass is 9.84. The van der Waals surface area contributed by atoms with E-state index < -0.39 is 23.3 Å². The van der Waals surface area contributed by atoms with Gasteiger partial charge in [0, 0.05) is 24.3 Å². The van der Waals surface area contributed by atoms with Crippen molar-refractivity contribution < 1.29 is 23.1 Å². The monoisotopic (exact) mass is 575 g/mol. The highest BCUT2D eigenvalue weighted by molar-refractivity contribution is 6.08. The lowest BCUT2D eigenvalue weighted by molar-refractivity contribution is -0.123. The first-order valence-corrected chi connectivity index (χ1v) is 15.1. The second-order valence-electron chi connectivity index (χ2n) is 12.4. The van der Waals surface area contributed by atoms with Gasteiger partial charge in [0.25, 0.3) is 5.91 Å². The highest BCUT2D eigenvalue weighted by atomic mass is 19.1. The predicted octanol–water partition coefficient (Wildman–Crippen LogP) is 6.60. The number of furan rings is 1. The first kappa shape index (κ1) is 30.0. The fraction of sp³-hybridized carbons (Fsp3) is 0.471. The number of nitrogens with zero attached hydrogens (tertiary/aromatic N) is 2. The number of morpholine rings is 1. The average molecular weight is 576 g/mol. The molecule has 1 N–H and O–H groups in total. The fourth-order valence-corrected chi connectivity index (χ4v) is 5.90. The zero-order valence-corrected chi connectivity index (χ0v) is 24.9. The van der Waals surface area contributed by atoms with Crippen LogP contribution in [-0.4, -0.2) is 48.6 Å². The number of benzene rings is 2. The molecule has 0 spiro atoms. The van der Waals surface area contributed by atoms with Gasteiger partial charge in [0.2, 0.25) is 5.91 Å². The zero-order chi connectivity index (χ0) is 29.7. The van der Waals surface area contributed by atoms with Crippen LogP contribution in [-0.2, 0) is 16.1 Å². The topological polar surface area (TPSA) is 75.0 Å². The third kappa shape index (κ3) is 7.47. The molecule has 5 rings (SSSR count). The summed E-state index contributed by atoms with van der Waals surface area (Å²) in [5, 5.41) is 3.04. The molecule has 1 aliphatic carbocycles. The molecule has 2 fully saturated rings. The van der Waals surface area contributed by atoms with Gasteiger partial charge in [0.15, 0.2) is 5.76 Å². The molecule has 2 aliphatic rings. The van der Waals surface area contributed by atoms with Gasteiger partial charge in [-0.05, 0) is 87.1 Å². The maximum atomic E-state index is 14.3. The maximum Gasteiger partial charge on any atom is 0.294 e. The van der Waals surface area contributed by atoms with Crippen LogP contribution in [0.25, 0.3) is 0 Å². The van der Waals surface area contributed by atoms with Crippen molar-refractivity contribution in [2.75, 3.05) is 31.2 Å². The number of anilines is 1. The standard InChI is InChI=1S/C34H42FN3O4/c1-34(2,3)36-32(39)31(26-9-13-27(35)14-10-26)38(28-15-11-25(12-16-28)24-7-5-4-6-8-24)33(40)30-18-17-29(42-30)23-37-19-21-41-22-20-37/h9-18,24,31H,4-8,19-23H2,1-3H3,(H,36,39)/t31-/m0/s1. The average Bonchev–Trinajstić information content (AvgIpc) is 3.45. The van der Waals surface area contributed by atoms with Crippen LogP contribution in [0.5, 0.6) is 0 Å². The molecule has 1 atom stereocenters. The molecule has 2 aromatic carbocycles. The van der Waals surface area contributed by atoms with Crippen molar-refractivity contribution in [2.24, 2.45) is 0 Å². The molecule has 1 aliphatic heterocycles. The largest absolute Gasteiger partial charge is 0.455 e. The van der Waals surface area contributed by atoms with Gasteiger partial charge in [-0.1, -0.05) is 43.5 Å².